The number of carbonyl (C=O) groups excluding carboxylic acids is 2. The Morgan fingerprint density at radius 1 is 1.33 bits per heavy atom. The van der Waals surface area contributed by atoms with Gasteiger partial charge in [0.1, 0.15) is 5.76 Å². The Kier molecular flexibility index (Phi) is 5.65. The maximum Gasteiger partial charge on any atom is 0.416 e. The summed E-state index contributed by atoms with van der Waals surface area (Å²) < 4.78 is 67.1. The molecule has 162 valence electrons. The number of nitrogens with zero attached hydrogens (tertiary/aromatic N) is 1. The monoisotopic (exact) mass is 445 g/mol. The molecular formula is C18H18F3N3O5S. The van der Waals surface area contributed by atoms with Crippen LogP contribution in [0.1, 0.15) is 33.7 Å². The van der Waals surface area contributed by atoms with Crippen LogP contribution in [0.2, 0.25) is 0 Å². The van der Waals surface area contributed by atoms with Gasteiger partial charge >= 0.3 is 6.18 Å². The fraction of sp³-hybridized carbons (Fsp3) is 0.333. The van der Waals surface area contributed by atoms with Gasteiger partial charge in [0.15, 0.2) is 0 Å². The standard InChI is InChI=1S/C18H18F3N3O5S/c1-10-13(7-16(29-10)30(22,27)28)17(26)23-12-6-15(25)24(9-12)8-11-4-2-3-5-14(11)18(19,20)21/h2-5,7,12H,6,8-9H2,1H3,(H,23,26)(H2,22,27,28). The highest BCUT2D eigenvalue weighted by Gasteiger charge is 2.36. The number of likely N-dealkylation sites (tertiary alicyclic amines) is 1. The lowest BCUT2D eigenvalue weighted by molar-refractivity contribution is -0.139. The van der Waals surface area contributed by atoms with E-state index >= 15 is 0 Å². The van der Waals surface area contributed by atoms with Crippen molar-refractivity contribution in [3.8, 4) is 0 Å². The third-order valence-electron chi connectivity index (χ3n) is 4.65. The highest BCUT2D eigenvalue weighted by atomic mass is 32.2. The molecule has 0 spiro atoms. The van der Waals surface area contributed by atoms with Gasteiger partial charge in [-0.3, -0.25) is 9.59 Å². The van der Waals surface area contributed by atoms with Crippen LogP contribution in [0.5, 0.6) is 0 Å². The molecule has 1 atom stereocenters. The topological polar surface area (TPSA) is 123 Å². The van der Waals surface area contributed by atoms with Gasteiger partial charge in [0, 0.05) is 25.6 Å². The van der Waals surface area contributed by atoms with Crippen molar-refractivity contribution in [3.05, 3.63) is 52.8 Å². The Bertz CT molecular complexity index is 1090. The van der Waals surface area contributed by atoms with Gasteiger partial charge < -0.3 is 14.6 Å². The Balaban J connectivity index is 1.70. The molecule has 3 rings (SSSR count). The van der Waals surface area contributed by atoms with E-state index in [2.05, 4.69) is 5.32 Å². The molecule has 1 aliphatic heterocycles. The number of sulfonamides is 1. The first kappa shape index (κ1) is 21.8. The zero-order chi connectivity index (χ0) is 22.3. The van der Waals surface area contributed by atoms with Crippen molar-refractivity contribution < 1.29 is 35.6 Å². The molecule has 1 aromatic heterocycles. The molecule has 0 aliphatic carbocycles. The summed E-state index contributed by atoms with van der Waals surface area (Å²) in [5.41, 5.74) is -0.934. The third-order valence-corrected chi connectivity index (χ3v) is 5.42. The number of furan rings is 1. The van der Waals surface area contributed by atoms with E-state index in [9.17, 15) is 31.2 Å². The van der Waals surface area contributed by atoms with Gasteiger partial charge in [-0.25, -0.2) is 13.6 Å². The molecular weight excluding hydrogens is 427 g/mol. The average molecular weight is 445 g/mol. The van der Waals surface area contributed by atoms with Crippen molar-refractivity contribution in [2.75, 3.05) is 6.54 Å². The quantitative estimate of drug-likeness (QED) is 0.727. The van der Waals surface area contributed by atoms with Gasteiger partial charge in [-0.05, 0) is 18.6 Å². The Hall–Kier alpha value is -2.86. The predicted molar refractivity (Wildman–Crippen MR) is 97.6 cm³/mol. The maximum atomic E-state index is 13.2. The number of aryl methyl sites for hydroxylation is 1. The van der Waals surface area contributed by atoms with Gasteiger partial charge in [-0.15, -0.1) is 0 Å². The van der Waals surface area contributed by atoms with Gasteiger partial charge in [0.05, 0.1) is 17.2 Å². The number of halogens is 3. The SMILES string of the molecule is Cc1oc(S(N)(=O)=O)cc1C(=O)NC1CC(=O)N(Cc2ccccc2C(F)(F)F)C1. The molecule has 3 N–H and O–H groups in total. The molecule has 1 fully saturated rings. The van der Waals surface area contributed by atoms with Crippen LogP contribution in [0.4, 0.5) is 13.2 Å². The lowest BCUT2D eigenvalue weighted by atomic mass is 10.1. The van der Waals surface area contributed by atoms with Crippen LogP contribution in [0.3, 0.4) is 0 Å². The highest BCUT2D eigenvalue weighted by Crippen LogP contribution is 2.33. The second-order valence-electron chi connectivity index (χ2n) is 6.88. The maximum absolute atomic E-state index is 13.2. The van der Waals surface area contributed by atoms with E-state index in [-0.39, 0.29) is 36.4 Å². The molecule has 1 aliphatic rings. The molecule has 2 heterocycles. The summed E-state index contributed by atoms with van der Waals surface area (Å²) in [7, 11) is -4.13. The Labute approximate surface area is 169 Å². The number of nitrogens with two attached hydrogens (primary N) is 1. The van der Waals surface area contributed by atoms with Crippen LogP contribution in [-0.2, 0) is 27.5 Å². The zero-order valence-electron chi connectivity index (χ0n) is 15.7. The smallest absolute Gasteiger partial charge is 0.416 e. The molecule has 0 saturated carbocycles. The van der Waals surface area contributed by atoms with Gasteiger partial charge in [-0.2, -0.15) is 13.2 Å². The number of amides is 2. The molecule has 1 unspecified atom stereocenters. The largest absolute Gasteiger partial charge is 0.448 e. The van der Waals surface area contributed by atoms with E-state index in [0.717, 1.165) is 12.1 Å². The van der Waals surface area contributed by atoms with E-state index < -0.39 is 44.7 Å². The number of benzene rings is 1. The average Bonchev–Trinajstić information content (AvgIpc) is 3.17. The minimum Gasteiger partial charge on any atom is -0.448 e. The summed E-state index contributed by atoms with van der Waals surface area (Å²) in [6, 6.07) is 5.29. The van der Waals surface area contributed by atoms with Crippen molar-refractivity contribution in [2.24, 2.45) is 5.14 Å². The van der Waals surface area contributed by atoms with Crippen LogP contribution in [0.25, 0.3) is 0 Å². The molecule has 1 saturated heterocycles. The minimum atomic E-state index is -4.55. The summed E-state index contributed by atoms with van der Waals surface area (Å²) in [5, 5.41) is 6.97. The van der Waals surface area contributed by atoms with Crippen molar-refractivity contribution in [3.63, 3.8) is 0 Å². The van der Waals surface area contributed by atoms with Crippen LogP contribution < -0.4 is 10.5 Å². The summed E-state index contributed by atoms with van der Waals surface area (Å²) in [6.45, 7) is 1.14. The number of hydrogen-bond donors (Lipinski definition) is 2. The van der Waals surface area contributed by atoms with Gasteiger partial charge in [0.2, 0.25) is 11.0 Å². The molecule has 8 nitrogen and oxygen atoms in total. The second-order valence-corrected chi connectivity index (χ2v) is 8.38. The summed E-state index contributed by atoms with van der Waals surface area (Å²) in [5.74, 6) is -1.07. The molecule has 2 aromatic rings. The van der Waals surface area contributed by atoms with Crippen LogP contribution >= 0.6 is 0 Å². The van der Waals surface area contributed by atoms with Crippen molar-refractivity contribution in [1.82, 2.24) is 10.2 Å². The normalized spacial score (nSPS) is 17.4. The molecule has 30 heavy (non-hydrogen) atoms. The lowest BCUT2D eigenvalue weighted by Crippen LogP contribution is -2.37. The molecule has 2 amide bonds. The number of nitrogens with one attached hydrogen (secondary N) is 1. The summed E-state index contributed by atoms with van der Waals surface area (Å²) >= 11 is 0. The Morgan fingerprint density at radius 3 is 2.60 bits per heavy atom. The van der Waals surface area contributed by atoms with Crippen LogP contribution in [-0.4, -0.2) is 37.7 Å². The van der Waals surface area contributed by atoms with E-state index in [1.54, 1.807) is 0 Å². The lowest BCUT2D eigenvalue weighted by Gasteiger charge is -2.20. The number of alkyl halides is 3. The molecule has 12 heteroatoms. The van der Waals surface area contributed by atoms with Crippen LogP contribution in [0, 0.1) is 6.92 Å². The second kappa shape index (κ2) is 7.76. The fourth-order valence-corrected chi connectivity index (χ4v) is 3.77. The first-order valence-electron chi connectivity index (χ1n) is 8.73. The van der Waals surface area contributed by atoms with Gasteiger partial charge in [-0.1, -0.05) is 18.2 Å². The predicted octanol–water partition coefficient (Wildman–Crippen LogP) is 1.79. The first-order valence-corrected chi connectivity index (χ1v) is 10.3. The van der Waals surface area contributed by atoms with Gasteiger partial charge in [0.25, 0.3) is 15.9 Å². The number of carbonyl (C=O) groups is 2. The van der Waals surface area contributed by atoms with E-state index in [1.165, 1.54) is 30.0 Å². The van der Waals surface area contributed by atoms with Crippen molar-refractivity contribution in [2.45, 2.75) is 37.2 Å². The summed E-state index contributed by atoms with van der Waals surface area (Å²) in [4.78, 5) is 25.9. The molecule has 1 aromatic carbocycles. The van der Waals surface area contributed by atoms with E-state index in [1.807, 2.05) is 0 Å². The number of hydrogen-bond acceptors (Lipinski definition) is 5. The Morgan fingerprint density at radius 2 is 2.00 bits per heavy atom. The van der Waals surface area contributed by atoms with E-state index in [0.29, 0.717) is 0 Å². The first-order chi connectivity index (χ1) is 13.9. The highest BCUT2D eigenvalue weighted by molar-refractivity contribution is 7.89. The fourth-order valence-electron chi connectivity index (χ4n) is 3.25. The summed E-state index contributed by atoms with van der Waals surface area (Å²) in [6.07, 6.45) is -4.65. The zero-order valence-corrected chi connectivity index (χ0v) is 16.5. The van der Waals surface area contributed by atoms with Crippen molar-refractivity contribution in [1.29, 1.82) is 0 Å². The van der Waals surface area contributed by atoms with Crippen molar-refractivity contribution >= 4 is 21.8 Å². The molecule has 0 bridgehead atoms. The number of primary sulfonamides is 1. The van der Waals surface area contributed by atoms with E-state index in [4.69, 9.17) is 9.56 Å². The number of rotatable bonds is 5. The van der Waals surface area contributed by atoms with Crippen LogP contribution in [0.15, 0.2) is 39.8 Å². The minimum absolute atomic E-state index is 0.00963. The molecule has 0 radical (unpaired) electrons. The third kappa shape index (κ3) is 4.65.